The number of hydrogen-bond acceptors (Lipinski definition) is 2. The predicted octanol–water partition coefficient (Wildman–Crippen LogP) is -0.723. The van der Waals surface area contributed by atoms with E-state index in [0.717, 1.165) is 12.2 Å². The van der Waals surface area contributed by atoms with Crippen molar-refractivity contribution < 1.29 is 25.3 Å². The Balaban J connectivity index is 0. The van der Waals surface area contributed by atoms with Crippen LogP contribution in [0.1, 0.15) is 6.42 Å². The van der Waals surface area contributed by atoms with Crippen LogP contribution >= 0.6 is 0 Å². The van der Waals surface area contributed by atoms with Crippen LogP contribution in [0.5, 0.6) is 0 Å². The molecule has 0 aromatic rings. The van der Waals surface area contributed by atoms with E-state index in [4.69, 9.17) is 10.2 Å². The van der Waals surface area contributed by atoms with Gasteiger partial charge in [-0.3, -0.25) is 4.79 Å². The van der Waals surface area contributed by atoms with Crippen LogP contribution in [0.2, 0.25) is 0 Å². The molecule has 0 atom stereocenters. The largest absolute Gasteiger partial charge is 0.481 e. The molecule has 0 aromatic heterocycles. The molecule has 4 N–H and O–H groups in total. The van der Waals surface area contributed by atoms with E-state index in [1.807, 2.05) is 0 Å². The number of rotatable bonds is 3. The fourth-order valence-electron chi connectivity index (χ4n) is 0.261. The summed E-state index contributed by atoms with van der Waals surface area (Å²) >= 11 is 0. The van der Waals surface area contributed by atoms with Gasteiger partial charge in [0.25, 0.3) is 0 Å². The van der Waals surface area contributed by atoms with Crippen molar-refractivity contribution in [3.8, 4) is 0 Å². The lowest BCUT2D eigenvalue weighted by atomic mass is 10.4. The van der Waals surface area contributed by atoms with Gasteiger partial charge >= 0.3 is 11.9 Å². The molecule has 0 radical (unpaired) electrons. The molecule has 0 aliphatic rings. The van der Waals surface area contributed by atoms with Crippen molar-refractivity contribution in [3.63, 3.8) is 0 Å². The van der Waals surface area contributed by atoms with E-state index in [1.165, 1.54) is 0 Å². The first-order valence-electron chi connectivity index (χ1n) is 2.24. The zero-order valence-electron chi connectivity index (χ0n) is 5.07. The molecule has 0 bridgehead atoms. The van der Waals surface area contributed by atoms with Gasteiger partial charge in [-0.1, -0.05) is 6.08 Å². The molecule has 0 aliphatic carbocycles. The van der Waals surface area contributed by atoms with Crippen LogP contribution in [0.3, 0.4) is 0 Å². The third kappa shape index (κ3) is 9.81. The Hall–Kier alpha value is -1.36. The van der Waals surface area contributed by atoms with Crippen LogP contribution in [-0.2, 0) is 9.59 Å². The molecule has 5 nitrogen and oxygen atoms in total. The average Bonchev–Trinajstić information content (AvgIpc) is 1.63. The second kappa shape index (κ2) is 5.77. The minimum Gasteiger partial charge on any atom is -0.481 e. The van der Waals surface area contributed by atoms with Gasteiger partial charge in [-0.05, 0) is 0 Å². The third-order valence-electron chi connectivity index (χ3n) is 0.553. The minimum absolute atomic E-state index is 0. The van der Waals surface area contributed by atoms with Crippen molar-refractivity contribution in [2.24, 2.45) is 0 Å². The lowest BCUT2D eigenvalue weighted by molar-refractivity contribution is -0.136. The maximum Gasteiger partial charge on any atom is 0.327 e. The number of carboxylic acid groups (broad SMARTS) is 2. The van der Waals surface area contributed by atoms with Gasteiger partial charge in [0.15, 0.2) is 0 Å². The van der Waals surface area contributed by atoms with Gasteiger partial charge in [-0.25, -0.2) is 4.79 Å². The third-order valence-corrected chi connectivity index (χ3v) is 0.553. The summed E-state index contributed by atoms with van der Waals surface area (Å²) in [6.07, 6.45) is 1.63. The molecule has 5 heteroatoms. The molecule has 0 spiro atoms. The zero-order chi connectivity index (χ0) is 7.28. The summed E-state index contributed by atoms with van der Waals surface area (Å²) in [5, 5.41) is 15.9. The highest BCUT2D eigenvalue weighted by molar-refractivity contribution is 5.81. The van der Waals surface area contributed by atoms with E-state index in [2.05, 4.69) is 0 Å². The summed E-state index contributed by atoms with van der Waals surface area (Å²) < 4.78 is 0. The first kappa shape index (κ1) is 11.4. The molecule has 0 heterocycles. The number of carboxylic acids is 2. The van der Waals surface area contributed by atoms with E-state index in [9.17, 15) is 9.59 Å². The quantitative estimate of drug-likeness (QED) is 0.515. The molecular formula is C5H8O5. The fraction of sp³-hybridized carbons (Fsp3) is 0.200. The van der Waals surface area contributed by atoms with Crippen LogP contribution in [-0.4, -0.2) is 27.6 Å². The molecule has 0 aromatic carbocycles. The minimum atomic E-state index is -1.13. The highest BCUT2D eigenvalue weighted by atomic mass is 16.4. The summed E-state index contributed by atoms with van der Waals surface area (Å²) in [7, 11) is 0. The number of aliphatic carboxylic acids is 2. The maximum atomic E-state index is 9.74. The molecule has 0 rings (SSSR count). The van der Waals surface area contributed by atoms with Crippen molar-refractivity contribution in [2.75, 3.05) is 0 Å². The van der Waals surface area contributed by atoms with Crippen LogP contribution in [0.25, 0.3) is 0 Å². The first-order valence-corrected chi connectivity index (χ1v) is 2.24. The normalized spacial score (nSPS) is 8.80. The van der Waals surface area contributed by atoms with Crippen LogP contribution < -0.4 is 0 Å². The molecule has 0 aliphatic heterocycles. The summed E-state index contributed by atoms with van der Waals surface area (Å²) in [6, 6.07) is 0. The molecule has 10 heavy (non-hydrogen) atoms. The maximum absolute atomic E-state index is 9.74. The molecule has 0 saturated carbocycles. The van der Waals surface area contributed by atoms with Crippen molar-refractivity contribution in [1.82, 2.24) is 0 Å². The zero-order valence-corrected chi connectivity index (χ0v) is 5.07. The van der Waals surface area contributed by atoms with Crippen LogP contribution in [0.15, 0.2) is 12.2 Å². The number of carbonyl (C=O) groups is 2. The van der Waals surface area contributed by atoms with E-state index < -0.39 is 11.9 Å². The standard InChI is InChI=1S/C5H6O4.H2O/c6-4(7)2-1-3-5(8)9;/h1-2H,3H2,(H,6,7)(H,8,9);1H2. The lowest BCUT2D eigenvalue weighted by Crippen LogP contribution is -1.92. The summed E-state index contributed by atoms with van der Waals surface area (Å²) in [5.41, 5.74) is 0. The van der Waals surface area contributed by atoms with Crippen LogP contribution in [0, 0.1) is 0 Å². The molecule has 0 unspecified atom stereocenters. The fourth-order valence-corrected chi connectivity index (χ4v) is 0.261. The highest BCUT2D eigenvalue weighted by Crippen LogP contribution is 1.81. The molecule has 0 fully saturated rings. The van der Waals surface area contributed by atoms with Crippen molar-refractivity contribution in [2.45, 2.75) is 6.42 Å². The van der Waals surface area contributed by atoms with Crippen LogP contribution in [0.4, 0.5) is 0 Å². The summed E-state index contributed by atoms with van der Waals surface area (Å²) in [4.78, 5) is 19.4. The van der Waals surface area contributed by atoms with Crippen molar-refractivity contribution >= 4 is 11.9 Å². The molecular weight excluding hydrogens is 140 g/mol. The van der Waals surface area contributed by atoms with Gasteiger partial charge in [0.1, 0.15) is 0 Å². The Labute approximate surface area is 56.9 Å². The topological polar surface area (TPSA) is 106 Å². The Morgan fingerprint density at radius 1 is 1.30 bits per heavy atom. The Kier molecular flexibility index (Phi) is 6.60. The SMILES string of the molecule is O.O=C(O)C=CCC(=O)O. The molecule has 58 valence electrons. The van der Waals surface area contributed by atoms with E-state index in [-0.39, 0.29) is 11.9 Å². The van der Waals surface area contributed by atoms with E-state index in [0.29, 0.717) is 0 Å². The smallest absolute Gasteiger partial charge is 0.327 e. The Morgan fingerprint density at radius 3 is 2.10 bits per heavy atom. The van der Waals surface area contributed by atoms with Gasteiger partial charge < -0.3 is 15.7 Å². The van der Waals surface area contributed by atoms with Gasteiger partial charge in [-0.2, -0.15) is 0 Å². The van der Waals surface area contributed by atoms with E-state index >= 15 is 0 Å². The predicted molar refractivity (Wildman–Crippen MR) is 32.6 cm³/mol. The summed E-state index contributed by atoms with van der Waals surface area (Å²) in [5.74, 6) is -2.16. The number of hydrogen-bond donors (Lipinski definition) is 2. The second-order valence-corrected chi connectivity index (χ2v) is 1.34. The molecule has 0 amide bonds. The lowest BCUT2D eigenvalue weighted by Gasteiger charge is -1.79. The van der Waals surface area contributed by atoms with Gasteiger partial charge in [0.2, 0.25) is 0 Å². The van der Waals surface area contributed by atoms with Crippen molar-refractivity contribution in [3.05, 3.63) is 12.2 Å². The molecule has 0 saturated heterocycles. The van der Waals surface area contributed by atoms with Crippen molar-refractivity contribution in [1.29, 1.82) is 0 Å². The highest BCUT2D eigenvalue weighted by Gasteiger charge is 1.90. The van der Waals surface area contributed by atoms with Gasteiger partial charge in [-0.15, -0.1) is 0 Å². The summed E-state index contributed by atoms with van der Waals surface area (Å²) in [6.45, 7) is 0. The van der Waals surface area contributed by atoms with E-state index in [1.54, 1.807) is 0 Å². The monoisotopic (exact) mass is 148 g/mol. The van der Waals surface area contributed by atoms with Gasteiger partial charge in [0, 0.05) is 6.08 Å². The Bertz CT molecular complexity index is 148. The first-order chi connectivity index (χ1) is 4.13. The Morgan fingerprint density at radius 2 is 1.80 bits per heavy atom. The van der Waals surface area contributed by atoms with Gasteiger partial charge in [0.05, 0.1) is 6.42 Å². The average molecular weight is 148 g/mol. The second-order valence-electron chi connectivity index (χ2n) is 1.34.